The molecule has 0 amide bonds. The van der Waals surface area contributed by atoms with Crippen molar-refractivity contribution in [2.45, 2.75) is 30.5 Å². The Bertz CT molecular complexity index is 977. The maximum Gasteiger partial charge on any atom is 0.224 e. The van der Waals surface area contributed by atoms with Gasteiger partial charge in [0.1, 0.15) is 0 Å². The summed E-state index contributed by atoms with van der Waals surface area (Å²) < 4.78 is 5.64. The van der Waals surface area contributed by atoms with Crippen molar-refractivity contribution in [3.05, 3.63) is 47.3 Å². The fourth-order valence-electron chi connectivity index (χ4n) is 3.06. The van der Waals surface area contributed by atoms with Gasteiger partial charge in [0.15, 0.2) is 11.0 Å². The molecule has 1 aliphatic rings. The van der Waals surface area contributed by atoms with Gasteiger partial charge >= 0.3 is 0 Å². The van der Waals surface area contributed by atoms with Crippen LogP contribution in [0.3, 0.4) is 0 Å². The van der Waals surface area contributed by atoms with Gasteiger partial charge in [-0.2, -0.15) is 9.97 Å². The largest absolute Gasteiger partial charge is 0.372 e. The van der Waals surface area contributed by atoms with Crippen molar-refractivity contribution >= 4 is 40.1 Å². The lowest BCUT2D eigenvalue weighted by Gasteiger charge is -2.20. The van der Waals surface area contributed by atoms with Gasteiger partial charge in [-0.25, -0.2) is 4.98 Å². The molecule has 1 atom stereocenters. The number of rotatable bonds is 3. The molecule has 0 saturated heterocycles. The molecule has 1 aromatic heterocycles. The molecular formula is C18H16ClN4OS. The van der Waals surface area contributed by atoms with Crippen molar-refractivity contribution in [1.82, 2.24) is 15.0 Å². The minimum atomic E-state index is 0.0959. The first-order valence-corrected chi connectivity index (χ1v) is 9.11. The SMILES string of the molecule is [CH2]C(C)Sc1nc(N)nc(-c2c(Cl)cc3c4c(cccc24)COC3)n1. The van der Waals surface area contributed by atoms with Gasteiger partial charge in [0.05, 0.1) is 18.2 Å². The molecule has 0 fully saturated rings. The molecular weight excluding hydrogens is 356 g/mol. The highest BCUT2D eigenvalue weighted by molar-refractivity contribution is 7.99. The van der Waals surface area contributed by atoms with Crippen molar-refractivity contribution in [2.24, 2.45) is 0 Å². The van der Waals surface area contributed by atoms with Gasteiger partial charge in [0, 0.05) is 10.8 Å². The smallest absolute Gasteiger partial charge is 0.224 e. The van der Waals surface area contributed by atoms with Gasteiger partial charge in [0.2, 0.25) is 5.95 Å². The highest BCUT2D eigenvalue weighted by atomic mass is 35.5. The summed E-state index contributed by atoms with van der Waals surface area (Å²) in [5.41, 5.74) is 8.90. The predicted octanol–water partition coefficient (Wildman–Crippen LogP) is 4.27. The summed E-state index contributed by atoms with van der Waals surface area (Å²) in [6, 6.07) is 8.02. The van der Waals surface area contributed by atoms with E-state index in [0.29, 0.717) is 29.2 Å². The molecule has 2 heterocycles. The number of hydrogen-bond donors (Lipinski definition) is 1. The maximum absolute atomic E-state index is 6.59. The topological polar surface area (TPSA) is 73.9 Å². The second-order valence-corrected chi connectivity index (χ2v) is 7.77. The monoisotopic (exact) mass is 371 g/mol. The molecule has 3 aromatic rings. The molecule has 7 heteroatoms. The number of nitrogen functional groups attached to an aromatic ring is 1. The van der Waals surface area contributed by atoms with E-state index in [1.807, 2.05) is 25.1 Å². The van der Waals surface area contributed by atoms with Crippen molar-refractivity contribution < 1.29 is 4.74 Å². The quantitative estimate of drug-likeness (QED) is 0.693. The van der Waals surface area contributed by atoms with Crippen LogP contribution in [0.2, 0.25) is 5.02 Å². The van der Waals surface area contributed by atoms with E-state index in [1.54, 1.807) is 0 Å². The summed E-state index contributed by atoms with van der Waals surface area (Å²) in [7, 11) is 0. The van der Waals surface area contributed by atoms with Crippen molar-refractivity contribution in [3.63, 3.8) is 0 Å². The van der Waals surface area contributed by atoms with Crippen LogP contribution in [-0.4, -0.2) is 20.2 Å². The molecule has 0 spiro atoms. The molecule has 2 N–H and O–H groups in total. The number of nitrogens with two attached hydrogens (primary N) is 1. The normalized spacial score (nSPS) is 13.6. The molecule has 1 aliphatic heterocycles. The Labute approximate surface area is 155 Å². The average Bonchev–Trinajstić information content (AvgIpc) is 2.54. The number of hydrogen-bond acceptors (Lipinski definition) is 6. The summed E-state index contributed by atoms with van der Waals surface area (Å²) in [4.78, 5) is 13.1. The van der Waals surface area contributed by atoms with Gasteiger partial charge in [0.25, 0.3) is 0 Å². The van der Waals surface area contributed by atoms with Crippen molar-refractivity contribution in [1.29, 1.82) is 0 Å². The van der Waals surface area contributed by atoms with Gasteiger partial charge in [-0.05, 0) is 34.9 Å². The molecule has 1 radical (unpaired) electrons. The first kappa shape index (κ1) is 16.6. The Morgan fingerprint density at radius 2 is 2.04 bits per heavy atom. The third-order valence-electron chi connectivity index (χ3n) is 3.96. The lowest BCUT2D eigenvalue weighted by atomic mass is 9.94. The molecule has 2 aromatic carbocycles. The average molecular weight is 372 g/mol. The molecule has 0 saturated carbocycles. The minimum absolute atomic E-state index is 0.0959. The summed E-state index contributed by atoms with van der Waals surface area (Å²) in [6.45, 7) is 7.07. The Morgan fingerprint density at radius 1 is 1.24 bits per heavy atom. The van der Waals surface area contributed by atoms with Crippen LogP contribution >= 0.6 is 23.4 Å². The molecule has 127 valence electrons. The predicted molar refractivity (Wildman–Crippen MR) is 101 cm³/mol. The molecule has 5 nitrogen and oxygen atoms in total. The third-order valence-corrected chi connectivity index (χ3v) is 5.05. The van der Waals surface area contributed by atoms with Crippen molar-refractivity contribution in [3.8, 4) is 11.4 Å². The maximum atomic E-state index is 6.59. The van der Waals surface area contributed by atoms with E-state index >= 15 is 0 Å². The molecule has 1 unspecified atom stereocenters. The fraction of sp³-hybridized carbons (Fsp3) is 0.222. The molecule has 0 aliphatic carbocycles. The number of halogens is 1. The van der Waals surface area contributed by atoms with Gasteiger partial charge in [-0.15, -0.1) is 0 Å². The van der Waals surface area contributed by atoms with Crippen LogP contribution in [0.5, 0.6) is 0 Å². The Balaban J connectivity index is 1.98. The van der Waals surface area contributed by atoms with Crippen LogP contribution in [-0.2, 0) is 18.0 Å². The Hall–Kier alpha value is -1.89. The number of nitrogens with zero attached hydrogens (tertiary/aromatic N) is 3. The summed E-state index contributed by atoms with van der Waals surface area (Å²) in [5, 5.41) is 3.39. The standard InChI is InChI=1S/C18H16ClN4OS/c1-9(2)25-18-22-16(21-17(20)23-18)15-12-5-3-4-10-7-24-8-11(14(10)12)6-13(15)19/h3-6,9H,1,7-8H2,2H3,(H2,20,21,22,23). The number of benzene rings is 2. The van der Waals surface area contributed by atoms with E-state index in [0.717, 1.165) is 27.5 Å². The molecule has 25 heavy (non-hydrogen) atoms. The number of thioether (sulfide) groups is 1. The fourth-order valence-corrected chi connectivity index (χ4v) is 4.03. The van der Waals surface area contributed by atoms with Gasteiger partial charge in [-0.3, -0.25) is 0 Å². The summed E-state index contributed by atoms with van der Waals surface area (Å²) >= 11 is 8.03. The zero-order chi connectivity index (χ0) is 17.6. The lowest BCUT2D eigenvalue weighted by molar-refractivity contribution is 0.103. The molecule has 0 bridgehead atoms. The first-order valence-electron chi connectivity index (χ1n) is 7.85. The van der Waals surface area contributed by atoms with Crippen molar-refractivity contribution in [2.75, 3.05) is 5.73 Å². The van der Waals surface area contributed by atoms with E-state index in [4.69, 9.17) is 22.1 Å². The highest BCUT2D eigenvalue weighted by Crippen LogP contribution is 2.39. The van der Waals surface area contributed by atoms with E-state index < -0.39 is 0 Å². The van der Waals surface area contributed by atoms with Crippen LogP contribution in [0, 0.1) is 6.92 Å². The zero-order valence-electron chi connectivity index (χ0n) is 13.6. The minimum Gasteiger partial charge on any atom is -0.372 e. The second kappa shape index (κ2) is 6.44. The van der Waals surface area contributed by atoms with Gasteiger partial charge in [-0.1, -0.05) is 48.5 Å². The van der Waals surface area contributed by atoms with Crippen LogP contribution in [0.15, 0.2) is 29.4 Å². The van der Waals surface area contributed by atoms with E-state index in [9.17, 15) is 0 Å². The summed E-state index contributed by atoms with van der Waals surface area (Å²) in [6.07, 6.45) is 0. The van der Waals surface area contributed by atoms with E-state index in [2.05, 4.69) is 27.9 Å². The number of ether oxygens (including phenoxy) is 1. The molecule has 4 rings (SSSR count). The van der Waals surface area contributed by atoms with Crippen LogP contribution in [0.4, 0.5) is 5.95 Å². The van der Waals surface area contributed by atoms with Crippen LogP contribution in [0.25, 0.3) is 22.2 Å². The number of anilines is 1. The van der Waals surface area contributed by atoms with E-state index in [1.165, 1.54) is 11.8 Å². The lowest BCUT2D eigenvalue weighted by Crippen LogP contribution is -2.07. The first-order chi connectivity index (χ1) is 12.0. The van der Waals surface area contributed by atoms with Gasteiger partial charge < -0.3 is 10.5 Å². The zero-order valence-corrected chi connectivity index (χ0v) is 15.2. The third kappa shape index (κ3) is 3.05. The number of aromatic nitrogens is 3. The van der Waals surface area contributed by atoms with E-state index in [-0.39, 0.29) is 11.2 Å². The summed E-state index contributed by atoms with van der Waals surface area (Å²) in [5.74, 6) is 0.656. The Kier molecular flexibility index (Phi) is 4.27. The highest BCUT2D eigenvalue weighted by Gasteiger charge is 2.21. The van der Waals surface area contributed by atoms with Crippen LogP contribution < -0.4 is 5.73 Å². The van der Waals surface area contributed by atoms with Crippen LogP contribution in [0.1, 0.15) is 18.1 Å². The second-order valence-electron chi connectivity index (χ2n) is 5.95. The Morgan fingerprint density at radius 3 is 2.84 bits per heavy atom.